The number of nitrogens with zero attached hydrogens (tertiary/aromatic N) is 1. The molecule has 0 radical (unpaired) electrons. The van der Waals surface area contributed by atoms with Crippen molar-refractivity contribution in [3.05, 3.63) is 23.8 Å². The third kappa shape index (κ3) is 4.07. The lowest BCUT2D eigenvalue weighted by Gasteiger charge is -2.19. The van der Waals surface area contributed by atoms with E-state index in [0.29, 0.717) is 11.5 Å². The van der Waals surface area contributed by atoms with Crippen molar-refractivity contribution in [3.63, 3.8) is 0 Å². The van der Waals surface area contributed by atoms with Crippen LogP contribution in [0, 0.1) is 11.8 Å². The monoisotopic (exact) mass is 375 g/mol. The van der Waals surface area contributed by atoms with Crippen LogP contribution in [0.3, 0.4) is 0 Å². The van der Waals surface area contributed by atoms with Gasteiger partial charge in [0.25, 0.3) is 0 Å². The second-order valence-electron chi connectivity index (χ2n) is 6.93. The van der Waals surface area contributed by atoms with Crippen molar-refractivity contribution in [1.29, 1.82) is 0 Å². The van der Waals surface area contributed by atoms with Crippen LogP contribution in [-0.4, -0.2) is 43.4 Å². The fourth-order valence-corrected chi connectivity index (χ4v) is 3.86. The zero-order chi connectivity index (χ0) is 19.4. The molecule has 2 aliphatic rings. The van der Waals surface area contributed by atoms with E-state index in [1.165, 1.54) is 12.0 Å². The summed E-state index contributed by atoms with van der Waals surface area (Å²) in [6, 6.07) is 5.27. The Morgan fingerprint density at radius 2 is 1.67 bits per heavy atom. The van der Waals surface area contributed by atoms with Gasteiger partial charge in [0.2, 0.25) is 11.8 Å². The molecule has 1 aromatic carbocycles. The first kappa shape index (κ1) is 19.2. The average molecular weight is 375 g/mol. The number of hydrogen-bond donors (Lipinski definition) is 0. The van der Waals surface area contributed by atoms with Crippen LogP contribution >= 0.6 is 0 Å². The minimum absolute atomic E-state index is 0.00418. The predicted molar refractivity (Wildman–Crippen MR) is 96.1 cm³/mol. The van der Waals surface area contributed by atoms with E-state index in [4.69, 9.17) is 14.2 Å². The van der Waals surface area contributed by atoms with Crippen molar-refractivity contribution in [2.45, 2.75) is 38.7 Å². The summed E-state index contributed by atoms with van der Waals surface area (Å²) < 4.78 is 15.7. The maximum Gasteiger partial charge on any atom is 0.307 e. The Morgan fingerprint density at radius 3 is 2.26 bits per heavy atom. The molecule has 7 nitrogen and oxygen atoms in total. The molecule has 2 fully saturated rings. The van der Waals surface area contributed by atoms with Crippen LogP contribution in [0.2, 0.25) is 0 Å². The quantitative estimate of drug-likeness (QED) is 0.537. The first-order valence-electron chi connectivity index (χ1n) is 9.27. The molecule has 0 spiro atoms. The summed E-state index contributed by atoms with van der Waals surface area (Å²) in [5.74, 6) is 0.0834. The van der Waals surface area contributed by atoms with E-state index >= 15 is 0 Å². The smallest absolute Gasteiger partial charge is 0.307 e. The minimum atomic E-state index is -0.444. The summed E-state index contributed by atoms with van der Waals surface area (Å²) in [7, 11) is 3.09. The van der Waals surface area contributed by atoms with Gasteiger partial charge in [-0.15, -0.1) is 0 Å². The molecule has 1 saturated heterocycles. The van der Waals surface area contributed by atoms with Crippen LogP contribution in [0.5, 0.6) is 11.5 Å². The molecule has 7 heteroatoms. The molecule has 1 heterocycles. The van der Waals surface area contributed by atoms with Gasteiger partial charge in [0.05, 0.1) is 32.5 Å². The second-order valence-corrected chi connectivity index (χ2v) is 6.93. The standard InChI is InChI=1S/C20H25NO6/c1-25-16-8-7-13(11-17(16)26-2)12-27-18(22)9-10-21-19(23)14-5-3-4-6-15(14)20(21)24/h7-8,11,14-15H,3-6,9-10,12H2,1-2H3/t14-,15-/m1/s1. The molecule has 0 N–H and O–H groups in total. The molecule has 0 bridgehead atoms. The van der Waals surface area contributed by atoms with Crippen LogP contribution in [-0.2, 0) is 25.7 Å². The number of amides is 2. The van der Waals surface area contributed by atoms with E-state index in [2.05, 4.69) is 0 Å². The van der Waals surface area contributed by atoms with E-state index in [1.807, 2.05) is 0 Å². The maximum atomic E-state index is 12.4. The molecule has 2 amide bonds. The number of imide groups is 1. The molecule has 0 aromatic heterocycles. The Bertz CT molecular complexity index is 707. The van der Waals surface area contributed by atoms with E-state index < -0.39 is 5.97 Å². The molecule has 27 heavy (non-hydrogen) atoms. The number of likely N-dealkylation sites (tertiary alicyclic amines) is 1. The number of rotatable bonds is 7. The molecular formula is C20H25NO6. The van der Waals surface area contributed by atoms with Gasteiger partial charge in [-0.25, -0.2) is 0 Å². The van der Waals surface area contributed by atoms with Crippen molar-refractivity contribution in [3.8, 4) is 11.5 Å². The van der Waals surface area contributed by atoms with Crippen molar-refractivity contribution >= 4 is 17.8 Å². The Hall–Kier alpha value is -2.57. The molecular weight excluding hydrogens is 350 g/mol. The number of methoxy groups -OCH3 is 2. The number of fused-ring (bicyclic) bond motifs is 1. The summed E-state index contributed by atoms with van der Waals surface area (Å²) >= 11 is 0. The number of esters is 1. The van der Waals surface area contributed by atoms with E-state index in [9.17, 15) is 14.4 Å². The number of ether oxygens (including phenoxy) is 3. The first-order chi connectivity index (χ1) is 13.0. The van der Waals surface area contributed by atoms with Gasteiger partial charge in [0, 0.05) is 6.54 Å². The van der Waals surface area contributed by atoms with Crippen LogP contribution in [0.4, 0.5) is 0 Å². The van der Waals surface area contributed by atoms with Gasteiger partial charge in [-0.3, -0.25) is 19.3 Å². The molecule has 1 saturated carbocycles. The van der Waals surface area contributed by atoms with Crippen molar-refractivity contribution in [2.75, 3.05) is 20.8 Å². The van der Waals surface area contributed by atoms with Gasteiger partial charge in [-0.1, -0.05) is 18.9 Å². The molecule has 3 rings (SSSR count). The van der Waals surface area contributed by atoms with Crippen LogP contribution in [0.15, 0.2) is 18.2 Å². The largest absolute Gasteiger partial charge is 0.493 e. The second kappa shape index (κ2) is 8.41. The highest BCUT2D eigenvalue weighted by Crippen LogP contribution is 2.38. The van der Waals surface area contributed by atoms with Gasteiger partial charge in [0.1, 0.15) is 6.61 Å². The summed E-state index contributed by atoms with van der Waals surface area (Å²) in [6.07, 6.45) is 3.53. The molecule has 1 aromatic rings. The number of carbonyl (C=O) groups excluding carboxylic acids is 3. The highest BCUT2D eigenvalue weighted by Gasteiger charge is 2.47. The topological polar surface area (TPSA) is 82.1 Å². The Morgan fingerprint density at radius 1 is 1.04 bits per heavy atom. The highest BCUT2D eigenvalue weighted by atomic mass is 16.5. The molecule has 1 aliphatic carbocycles. The van der Waals surface area contributed by atoms with E-state index in [1.54, 1.807) is 25.3 Å². The summed E-state index contributed by atoms with van der Waals surface area (Å²) in [6.45, 7) is 0.182. The van der Waals surface area contributed by atoms with Gasteiger partial charge in [-0.2, -0.15) is 0 Å². The van der Waals surface area contributed by atoms with E-state index in [0.717, 1.165) is 31.2 Å². The van der Waals surface area contributed by atoms with Gasteiger partial charge in [-0.05, 0) is 30.5 Å². The van der Waals surface area contributed by atoms with Crippen molar-refractivity contribution in [1.82, 2.24) is 4.90 Å². The SMILES string of the molecule is COc1ccc(COC(=O)CCN2C(=O)[C@@H]3CCCC[C@H]3C2=O)cc1OC. The summed E-state index contributed by atoms with van der Waals surface area (Å²) in [5, 5.41) is 0. The van der Waals surface area contributed by atoms with Crippen LogP contribution < -0.4 is 9.47 Å². The number of benzene rings is 1. The zero-order valence-electron chi connectivity index (χ0n) is 15.7. The van der Waals surface area contributed by atoms with Crippen LogP contribution in [0.25, 0.3) is 0 Å². The third-order valence-electron chi connectivity index (χ3n) is 5.32. The molecule has 146 valence electrons. The fourth-order valence-electron chi connectivity index (χ4n) is 3.86. The molecule has 0 unspecified atom stereocenters. The Kier molecular flexibility index (Phi) is 5.98. The lowest BCUT2D eigenvalue weighted by molar-refractivity contribution is -0.146. The number of carbonyl (C=O) groups is 3. The summed E-state index contributed by atoms with van der Waals surface area (Å²) in [5.41, 5.74) is 0.764. The normalized spacial score (nSPS) is 21.8. The summed E-state index contributed by atoms with van der Waals surface area (Å²) in [4.78, 5) is 38.1. The van der Waals surface area contributed by atoms with Gasteiger partial charge in [0.15, 0.2) is 11.5 Å². The predicted octanol–water partition coefficient (Wildman–Crippen LogP) is 2.31. The maximum absolute atomic E-state index is 12.4. The molecule has 1 aliphatic heterocycles. The Balaban J connectivity index is 1.50. The third-order valence-corrected chi connectivity index (χ3v) is 5.32. The lowest BCUT2D eigenvalue weighted by Crippen LogP contribution is -2.33. The molecule has 2 atom stereocenters. The van der Waals surface area contributed by atoms with Crippen molar-refractivity contribution < 1.29 is 28.6 Å². The zero-order valence-corrected chi connectivity index (χ0v) is 15.7. The fraction of sp³-hybridized carbons (Fsp3) is 0.550. The average Bonchev–Trinajstić information content (AvgIpc) is 2.95. The Labute approximate surface area is 158 Å². The van der Waals surface area contributed by atoms with Crippen LogP contribution in [0.1, 0.15) is 37.7 Å². The lowest BCUT2D eigenvalue weighted by atomic mass is 9.81. The van der Waals surface area contributed by atoms with E-state index in [-0.39, 0.29) is 43.2 Å². The highest BCUT2D eigenvalue weighted by molar-refractivity contribution is 6.05. The van der Waals surface area contributed by atoms with Gasteiger partial charge < -0.3 is 14.2 Å². The minimum Gasteiger partial charge on any atom is -0.493 e. The number of hydrogen-bond acceptors (Lipinski definition) is 6. The van der Waals surface area contributed by atoms with Gasteiger partial charge >= 0.3 is 5.97 Å². The first-order valence-corrected chi connectivity index (χ1v) is 9.27. The van der Waals surface area contributed by atoms with Crippen molar-refractivity contribution in [2.24, 2.45) is 11.8 Å².